The van der Waals surface area contributed by atoms with Crippen molar-refractivity contribution in [3.05, 3.63) is 0 Å². The van der Waals surface area contributed by atoms with E-state index in [1.807, 2.05) is 0 Å². The highest BCUT2D eigenvalue weighted by molar-refractivity contribution is 5.99. The molecule has 0 heterocycles. The zero-order valence-electron chi connectivity index (χ0n) is 12.7. The van der Waals surface area contributed by atoms with Gasteiger partial charge in [0.1, 0.15) is 24.8 Å². The van der Waals surface area contributed by atoms with Crippen molar-refractivity contribution in [2.75, 3.05) is 13.2 Å². The summed E-state index contributed by atoms with van der Waals surface area (Å²) in [6, 6.07) is 0. The highest BCUT2D eigenvalue weighted by atomic mass is 17.2. The maximum atomic E-state index is 10.9. The molecule has 0 radical (unpaired) electrons. The van der Waals surface area contributed by atoms with Crippen LogP contribution in [0.15, 0.2) is 0 Å². The number of carbonyl (C=O) groups is 4. The molecule has 0 N–H and O–H groups in total. The Labute approximate surface area is 119 Å². The van der Waals surface area contributed by atoms with Crippen LogP contribution in [0, 0.1) is 0 Å². The number of hydrogen-bond donors (Lipinski definition) is 0. The first-order chi connectivity index (χ1) is 9.33. The van der Waals surface area contributed by atoms with E-state index in [9.17, 15) is 19.2 Å². The topological polar surface area (TPSA) is 86.7 Å². The van der Waals surface area contributed by atoms with Crippen LogP contribution < -0.4 is 0 Å². The Morgan fingerprint density at radius 2 is 1.00 bits per heavy atom. The van der Waals surface area contributed by atoms with Crippen LogP contribution in [-0.4, -0.2) is 36.3 Å². The molecule has 20 heavy (non-hydrogen) atoms. The molecule has 0 rings (SSSR count). The van der Waals surface area contributed by atoms with Crippen molar-refractivity contribution in [1.29, 1.82) is 0 Å². The molecular weight excluding hydrogens is 264 g/mol. The number of unbranched alkanes of at least 4 members (excludes halogenated alkanes) is 1. The van der Waals surface area contributed by atoms with E-state index in [2.05, 4.69) is 23.6 Å². The Bertz CT molecular complexity index is 290. The van der Waals surface area contributed by atoms with E-state index in [0.717, 1.165) is 0 Å². The lowest BCUT2D eigenvalue weighted by atomic mass is 10.2. The lowest BCUT2D eigenvalue weighted by Gasteiger charge is -2.01. The largest absolute Gasteiger partial charge is 0.300 e. The fourth-order valence-corrected chi connectivity index (χ4v) is 0.872. The maximum Gasteiger partial charge on any atom is 0.169 e. The van der Waals surface area contributed by atoms with Crippen LogP contribution in [0.25, 0.3) is 0 Å². The van der Waals surface area contributed by atoms with E-state index in [1.54, 1.807) is 0 Å². The predicted octanol–water partition coefficient (Wildman–Crippen LogP) is 1.84. The van der Waals surface area contributed by atoms with Gasteiger partial charge in [0, 0.05) is 0 Å². The molecule has 0 spiro atoms. The summed E-state index contributed by atoms with van der Waals surface area (Å²) in [5.41, 5.74) is 0. The zero-order valence-corrected chi connectivity index (χ0v) is 12.7. The van der Waals surface area contributed by atoms with Crippen LogP contribution in [0.5, 0.6) is 0 Å². The van der Waals surface area contributed by atoms with E-state index in [-0.39, 0.29) is 37.6 Å². The fraction of sp³-hybridized carbons (Fsp3) is 0.714. The van der Waals surface area contributed by atoms with Crippen LogP contribution in [0.2, 0.25) is 0 Å². The van der Waals surface area contributed by atoms with Gasteiger partial charge in [-0.15, -0.1) is 0 Å². The monoisotopic (exact) mass is 288 g/mol. The Kier molecular flexibility index (Phi) is 14.7. The van der Waals surface area contributed by atoms with Gasteiger partial charge < -0.3 is 0 Å². The molecule has 0 fully saturated rings. The molecule has 0 aliphatic heterocycles. The minimum atomic E-state index is -0.425. The van der Waals surface area contributed by atoms with Crippen molar-refractivity contribution in [1.82, 2.24) is 0 Å². The third-order valence-electron chi connectivity index (χ3n) is 1.92. The molecule has 0 bridgehead atoms. The number of ketones is 4. The molecule has 0 aliphatic rings. The van der Waals surface area contributed by atoms with Gasteiger partial charge in [-0.05, 0) is 13.8 Å². The lowest BCUT2D eigenvalue weighted by molar-refractivity contribution is -0.283. The highest BCUT2D eigenvalue weighted by Gasteiger charge is 2.08. The Morgan fingerprint density at radius 3 is 1.20 bits per heavy atom. The number of hydrogen-bond acceptors (Lipinski definition) is 6. The summed E-state index contributed by atoms with van der Waals surface area (Å²) in [6.45, 7) is 6.17. The molecule has 0 atom stereocenters. The van der Waals surface area contributed by atoms with Crippen molar-refractivity contribution in [2.45, 2.75) is 53.4 Å². The summed E-state index contributed by atoms with van der Waals surface area (Å²) in [7, 11) is 0. The SMILES string of the molecule is CC(=O)CC(=O)COOCC(=O)CC(C)=O.CCCC. The Hall–Kier alpha value is -1.40. The number of carbonyl (C=O) groups excluding carboxylic acids is 4. The minimum absolute atomic E-state index is 0.218. The van der Waals surface area contributed by atoms with Gasteiger partial charge in [0.15, 0.2) is 11.6 Å². The molecule has 0 aromatic carbocycles. The average molecular weight is 288 g/mol. The van der Waals surface area contributed by atoms with Crippen LogP contribution in [0.4, 0.5) is 0 Å². The van der Waals surface area contributed by atoms with Crippen molar-refractivity contribution in [2.24, 2.45) is 0 Å². The Morgan fingerprint density at radius 1 is 0.700 bits per heavy atom. The van der Waals surface area contributed by atoms with E-state index < -0.39 is 11.6 Å². The lowest BCUT2D eigenvalue weighted by Crippen LogP contribution is -2.16. The fourth-order valence-electron chi connectivity index (χ4n) is 0.872. The first-order valence-corrected chi connectivity index (χ1v) is 6.60. The molecule has 0 unspecified atom stereocenters. The predicted molar refractivity (Wildman–Crippen MR) is 73.1 cm³/mol. The van der Waals surface area contributed by atoms with Crippen LogP contribution in [0.1, 0.15) is 53.4 Å². The summed E-state index contributed by atoms with van der Waals surface area (Å²) < 4.78 is 0. The first kappa shape index (κ1) is 20.9. The Balaban J connectivity index is 0. The van der Waals surface area contributed by atoms with Gasteiger partial charge in [-0.3, -0.25) is 19.2 Å². The van der Waals surface area contributed by atoms with Gasteiger partial charge in [0.25, 0.3) is 0 Å². The molecule has 0 aliphatic carbocycles. The van der Waals surface area contributed by atoms with E-state index in [1.165, 1.54) is 26.7 Å². The van der Waals surface area contributed by atoms with Gasteiger partial charge in [-0.1, -0.05) is 26.7 Å². The van der Waals surface area contributed by atoms with E-state index >= 15 is 0 Å². The second kappa shape index (κ2) is 14.0. The van der Waals surface area contributed by atoms with Crippen molar-refractivity contribution in [3.63, 3.8) is 0 Å². The average Bonchev–Trinajstić information content (AvgIpc) is 2.33. The summed E-state index contributed by atoms with van der Waals surface area (Å²) in [5.74, 6) is -1.37. The standard InChI is InChI=1S/C10H14O6.C4H10/c1-7(11)3-9(13)5-15-16-6-10(14)4-8(2)12;1-3-4-2/h3-6H2,1-2H3;3-4H2,1-2H3. The third kappa shape index (κ3) is 19.0. The molecule has 116 valence electrons. The second-order valence-corrected chi connectivity index (χ2v) is 4.36. The second-order valence-electron chi connectivity index (χ2n) is 4.36. The van der Waals surface area contributed by atoms with E-state index in [0.29, 0.717) is 0 Å². The molecule has 6 nitrogen and oxygen atoms in total. The van der Waals surface area contributed by atoms with Crippen molar-refractivity contribution < 1.29 is 29.0 Å². The molecule has 0 saturated heterocycles. The quantitative estimate of drug-likeness (QED) is 0.264. The molecule has 6 heteroatoms. The maximum absolute atomic E-state index is 10.9. The van der Waals surface area contributed by atoms with Crippen molar-refractivity contribution in [3.8, 4) is 0 Å². The number of rotatable bonds is 10. The smallest absolute Gasteiger partial charge is 0.169 e. The van der Waals surface area contributed by atoms with Crippen molar-refractivity contribution >= 4 is 23.1 Å². The van der Waals surface area contributed by atoms with Gasteiger partial charge >= 0.3 is 0 Å². The molecular formula is C14H24O6. The summed E-state index contributed by atoms with van der Waals surface area (Å²) in [6.07, 6.45) is 2.20. The van der Waals surface area contributed by atoms with Crippen LogP contribution in [-0.2, 0) is 29.0 Å². The first-order valence-electron chi connectivity index (χ1n) is 6.60. The molecule has 0 amide bonds. The number of Topliss-reactive ketones (excluding diaryl/α,β-unsaturated/α-hetero) is 4. The molecule has 0 aromatic rings. The van der Waals surface area contributed by atoms with Gasteiger partial charge in [-0.25, -0.2) is 9.78 Å². The normalized spacial score (nSPS) is 9.40. The van der Waals surface area contributed by atoms with E-state index in [4.69, 9.17) is 0 Å². The minimum Gasteiger partial charge on any atom is -0.300 e. The van der Waals surface area contributed by atoms with Gasteiger partial charge in [0.05, 0.1) is 12.8 Å². The van der Waals surface area contributed by atoms with Crippen LogP contribution in [0.3, 0.4) is 0 Å². The highest BCUT2D eigenvalue weighted by Crippen LogP contribution is 1.91. The zero-order chi connectivity index (χ0) is 16.0. The van der Waals surface area contributed by atoms with Gasteiger partial charge in [0.2, 0.25) is 0 Å². The molecule has 0 saturated carbocycles. The van der Waals surface area contributed by atoms with Crippen LogP contribution >= 0.6 is 0 Å². The third-order valence-corrected chi connectivity index (χ3v) is 1.92. The summed E-state index contributed by atoms with van der Waals surface area (Å²) in [5, 5.41) is 0. The molecule has 0 aromatic heterocycles. The summed E-state index contributed by atoms with van der Waals surface area (Å²) in [4.78, 5) is 51.7. The summed E-state index contributed by atoms with van der Waals surface area (Å²) >= 11 is 0. The van der Waals surface area contributed by atoms with Gasteiger partial charge in [-0.2, -0.15) is 0 Å².